The van der Waals surface area contributed by atoms with Crippen LogP contribution in [0.3, 0.4) is 0 Å². The van der Waals surface area contributed by atoms with E-state index in [4.69, 9.17) is 4.74 Å². The maximum absolute atomic E-state index is 6.04. The first kappa shape index (κ1) is 22.9. The number of nitrogens with zero attached hydrogens (tertiary/aromatic N) is 6. The van der Waals surface area contributed by atoms with Gasteiger partial charge in [-0.05, 0) is 42.4 Å². The van der Waals surface area contributed by atoms with Crippen molar-refractivity contribution in [3.63, 3.8) is 0 Å². The van der Waals surface area contributed by atoms with Crippen molar-refractivity contribution < 1.29 is 4.74 Å². The first-order valence-electron chi connectivity index (χ1n) is 11.6. The van der Waals surface area contributed by atoms with E-state index in [0.717, 1.165) is 66.4 Å². The number of pyridine rings is 1. The van der Waals surface area contributed by atoms with Crippen LogP contribution >= 0.6 is 0 Å². The van der Waals surface area contributed by atoms with E-state index in [0.29, 0.717) is 6.61 Å². The number of likely N-dealkylation sites (N-methyl/N-ethyl adjacent to an activating group) is 1. The smallest absolute Gasteiger partial charge is 0.162 e. The van der Waals surface area contributed by atoms with Crippen LogP contribution in [0.25, 0.3) is 27.9 Å². The van der Waals surface area contributed by atoms with E-state index in [1.807, 2.05) is 61.2 Å². The largest absolute Gasteiger partial charge is 0.492 e. The summed E-state index contributed by atoms with van der Waals surface area (Å²) in [7, 11) is 2.18. The molecule has 1 aromatic carbocycles. The fourth-order valence-corrected chi connectivity index (χ4v) is 3.89. The van der Waals surface area contributed by atoms with Crippen molar-refractivity contribution in [1.82, 2.24) is 29.4 Å². The minimum absolute atomic E-state index is 0.693. The van der Waals surface area contributed by atoms with Crippen LogP contribution in [-0.2, 0) is 0 Å². The highest BCUT2D eigenvalue weighted by Crippen LogP contribution is 2.27. The van der Waals surface area contributed by atoms with Crippen LogP contribution in [0.1, 0.15) is 13.8 Å². The van der Waals surface area contributed by atoms with Crippen molar-refractivity contribution in [1.29, 1.82) is 0 Å². The lowest BCUT2D eigenvalue weighted by atomic mass is 10.1. The summed E-state index contributed by atoms with van der Waals surface area (Å²) in [4.78, 5) is 13.6. The summed E-state index contributed by atoms with van der Waals surface area (Å²) in [6.07, 6.45) is 9.31. The maximum Gasteiger partial charge on any atom is 0.162 e. The Morgan fingerprint density at radius 2 is 1.70 bits per heavy atom. The number of hydrogen-bond donors (Lipinski definition) is 0. The summed E-state index contributed by atoms with van der Waals surface area (Å²) < 4.78 is 7.87. The number of benzene rings is 1. The zero-order valence-electron chi connectivity index (χ0n) is 19.7. The molecule has 0 spiro atoms. The van der Waals surface area contributed by atoms with E-state index < -0.39 is 0 Å². The van der Waals surface area contributed by atoms with Crippen LogP contribution in [0.2, 0.25) is 0 Å². The Labute approximate surface area is 195 Å². The average Bonchev–Trinajstić information content (AvgIpc) is 3.31. The Morgan fingerprint density at radius 3 is 2.48 bits per heavy atom. The van der Waals surface area contributed by atoms with Gasteiger partial charge < -0.3 is 9.64 Å². The van der Waals surface area contributed by atoms with Crippen LogP contribution in [0.4, 0.5) is 0 Å². The van der Waals surface area contributed by atoms with Crippen LogP contribution in [-0.4, -0.2) is 75.8 Å². The van der Waals surface area contributed by atoms with E-state index in [-0.39, 0.29) is 0 Å². The second kappa shape index (κ2) is 11.0. The van der Waals surface area contributed by atoms with Gasteiger partial charge in [-0.1, -0.05) is 26.0 Å². The Hall–Kier alpha value is -3.29. The molecule has 0 radical (unpaired) electrons. The van der Waals surface area contributed by atoms with Gasteiger partial charge in [0.1, 0.15) is 12.4 Å². The fourth-order valence-electron chi connectivity index (χ4n) is 3.89. The van der Waals surface area contributed by atoms with Crippen molar-refractivity contribution in [2.75, 3.05) is 46.4 Å². The highest BCUT2D eigenvalue weighted by molar-refractivity contribution is 5.77. The van der Waals surface area contributed by atoms with Gasteiger partial charge in [-0.15, -0.1) is 0 Å². The lowest BCUT2D eigenvalue weighted by molar-refractivity contribution is 0.134. The molecule has 1 aliphatic heterocycles. The number of piperazine rings is 1. The molecule has 33 heavy (non-hydrogen) atoms. The third-order valence-corrected chi connectivity index (χ3v) is 5.79. The highest BCUT2D eigenvalue weighted by atomic mass is 16.5. The lowest BCUT2D eigenvalue weighted by Gasteiger charge is -2.32. The SMILES string of the molecule is CC.CN1CCN(CCOc2cccc(-c3cnc4c(-c5ccncc5)cnn4c3)c2)CC1. The van der Waals surface area contributed by atoms with E-state index in [2.05, 4.69) is 44.0 Å². The number of rotatable bonds is 6. The summed E-state index contributed by atoms with van der Waals surface area (Å²) in [6.45, 7) is 10.1. The summed E-state index contributed by atoms with van der Waals surface area (Å²) in [5.74, 6) is 0.879. The van der Waals surface area contributed by atoms with E-state index >= 15 is 0 Å². The number of ether oxygens (including phenoxy) is 1. The standard InChI is InChI=1S/C24H26N6O.C2H6/c1-28-9-11-29(12-10-28)13-14-31-22-4-2-3-20(15-22)21-16-26-24-23(17-27-30(24)18-21)19-5-7-25-8-6-19;1-2/h2-8,15-18H,9-14H2,1H3;1-2H3. The van der Waals surface area contributed by atoms with Gasteiger partial charge in [0.25, 0.3) is 0 Å². The van der Waals surface area contributed by atoms with E-state index in [1.165, 1.54) is 0 Å². The molecule has 1 fully saturated rings. The van der Waals surface area contributed by atoms with Crippen LogP contribution < -0.4 is 4.74 Å². The summed E-state index contributed by atoms with van der Waals surface area (Å²) in [5, 5.41) is 4.50. The van der Waals surface area contributed by atoms with Gasteiger partial charge in [-0.3, -0.25) is 9.88 Å². The predicted molar refractivity (Wildman–Crippen MR) is 132 cm³/mol. The molecule has 0 N–H and O–H groups in total. The predicted octanol–water partition coefficient (Wildman–Crippen LogP) is 4.11. The molecule has 1 aliphatic rings. The van der Waals surface area contributed by atoms with Gasteiger partial charge in [0.05, 0.1) is 6.20 Å². The van der Waals surface area contributed by atoms with Gasteiger partial charge >= 0.3 is 0 Å². The third-order valence-electron chi connectivity index (χ3n) is 5.79. The van der Waals surface area contributed by atoms with Gasteiger partial charge in [0, 0.05) is 68.6 Å². The van der Waals surface area contributed by atoms with E-state index in [1.54, 1.807) is 12.4 Å². The fraction of sp³-hybridized carbons (Fsp3) is 0.346. The first-order chi connectivity index (χ1) is 16.3. The number of hydrogen-bond acceptors (Lipinski definition) is 6. The zero-order valence-corrected chi connectivity index (χ0v) is 19.7. The molecule has 0 amide bonds. The Kier molecular flexibility index (Phi) is 7.65. The second-order valence-corrected chi connectivity index (χ2v) is 7.93. The molecule has 3 aromatic heterocycles. The average molecular weight is 445 g/mol. The molecular formula is C26H32N6O. The maximum atomic E-state index is 6.04. The van der Waals surface area contributed by atoms with Crippen molar-refractivity contribution in [2.24, 2.45) is 0 Å². The molecule has 0 aliphatic carbocycles. The van der Waals surface area contributed by atoms with Crippen LogP contribution in [0.5, 0.6) is 5.75 Å². The molecular weight excluding hydrogens is 412 g/mol. The first-order valence-corrected chi connectivity index (χ1v) is 11.6. The Bertz CT molecular complexity index is 1150. The highest BCUT2D eigenvalue weighted by Gasteiger charge is 2.13. The van der Waals surface area contributed by atoms with Crippen LogP contribution in [0.15, 0.2) is 67.4 Å². The minimum atomic E-state index is 0.693. The monoisotopic (exact) mass is 444 g/mol. The molecule has 1 saturated heterocycles. The molecule has 7 heteroatoms. The summed E-state index contributed by atoms with van der Waals surface area (Å²) in [6, 6.07) is 12.1. The van der Waals surface area contributed by atoms with Crippen molar-refractivity contribution in [3.8, 4) is 28.0 Å². The molecule has 0 bridgehead atoms. The molecule has 0 saturated carbocycles. The van der Waals surface area contributed by atoms with Gasteiger partial charge in [-0.25, -0.2) is 9.50 Å². The molecule has 172 valence electrons. The molecule has 7 nitrogen and oxygen atoms in total. The van der Waals surface area contributed by atoms with Crippen molar-refractivity contribution in [3.05, 3.63) is 67.4 Å². The van der Waals surface area contributed by atoms with E-state index in [9.17, 15) is 0 Å². The van der Waals surface area contributed by atoms with Crippen LogP contribution in [0, 0.1) is 0 Å². The quantitative estimate of drug-likeness (QED) is 0.446. The third kappa shape index (κ3) is 5.56. The molecule has 0 unspecified atom stereocenters. The Morgan fingerprint density at radius 1 is 0.909 bits per heavy atom. The van der Waals surface area contributed by atoms with Gasteiger partial charge in [0.15, 0.2) is 5.65 Å². The molecule has 4 heterocycles. The summed E-state index contributed by atoms with van der Waals surface area (Å²) in [5.41, 5.74) is 4.94. The molecule has 4 aromatic rings. The molecule has 0 atom stereocenters. The topological polar surface area (TPSA) is 58.8 Å². The molecule has 5 rings (SSSR count). The van der Waals surface area contributed by atoms with Crippen molar-refractivity contribution in [2.45, 2.75) is 13.8 Å². The second-order valence-electron chi connectivity index (χ2n) is 7.93. The number of fused-ring (bicyclic) bond motifs is 1. The van der Waals surface area contributed by atoms with Crippen molar-refractivity contribution >= 4 is 5.65 Å². The number of aromatic nitrogens is 4. The van der Waals surface area contributed by atoms with Gasteiger partial charge in [0.2, 0.25) is 0 Å². The zero-order chi connectivity index (χ0) is 23.0. The van der Waals surface area contributed by atoms with Gasteiger partial charge in [-0.2, -0.15) is 5.10 Å². The Balaban J connectivity index is 0.00000126. The summed E-state index contributed by atoms with van der Waals surface area (Å²) >= 11 is 0. The minimum Gasteiger partial charge on any atom is -0.492 e. The lowest BCUT2D eigenvalue weighted by Crippen LogP contribution is -2.45. The normalized spacial score (nSPS) is 14.6.